The van der Waals surface area contributed by atoms with Crippen molar-refractivity contribution in [2.24, 2.45) is 17.2 Å². The molecule has 0 aliphatic heterocycles. The highest BCUT2D eigenvalue weighted by molar-refractivity contribution is 6.12. The Morgan fingerprint density at radius 3 is 1.88 bits per heavy atom. The molecule has 0 bridgehead atoms. The Hall–Kier alpha value is -4.54. The van der Waals surface area contributed by atoms with Crippen LogP contribution in [0.5, 0.6) is 0 Å². The highest BCUT2D eigenvalue weighted by atomic mass is 16.7. The van der Waals surface area contributed by atoms with Crippen molar-refractivity contribution in [1.29, 1.82) is 0 Å². The van der Waals surface area contributed by atoms with Gasteiger partial charge in [0.05, 0.1) is 16.7 Å². The van der Waals surface area contributed by atoms with Crippen LogP contribution in [0.3, 0.4) is 0 Å². The second kappa shape index (κ2) is 12.5. The van der Waals surface area contributed by atoms with E-state index >= 15 is 0 Å². The number of aryl methyl sites for hydroxylation is 1. The van der Waals surface area contributed by atoms with Gasteiger partial charge in [-0.25, -0.2) is 9.59 Å². The van der Waals surface area contributed by atoms with Crippen LogP contribution in [-0.2, 0) is 9.68 Å². The molecule has 0 heterocycles. The fraction of sp³-hybridized carbons (Fsp3) is 0.312. The van der Waals surface area contributed by atoms with Crippen molar-refractivity contribution in [1.82, 2.24) is 0 Å². The quantitative estimate of drug-likeness (QED) is 0.183. The van der Waals surface area contributed by atoms with Crippen molar-refractivity contribution in [3.05, 3.63) is 82.4 Å². The van der Waals surface area contributed by atoms with Crippen molar-refractivity contribution >= 4 is 35.0 Å². The first kappa shape index (κ1) is 32.0. The fourth-order valence-corrected chi connectivity index (χ4v) is 4.24. The van der Waals surface area contributed by atoms with E-state index in [0.29, 0.717) is 22.4 Å². The Morgan fingerprint density at radius 2 is 1.31 bits per heavy atom. The third-order valence-corrected chi connectivity index (χ3v) is 6.99. The lowest BCUT2D eigenvalue weighted by molar-refractivity contribution is 0.0494. The second-order valence-electron chi connectivity index (χ2n) is 11.8. The molecule has 3 aromatic carbocycles. The van der Waals surface area contributed by atoms with E-state index < -0.39 is 23.3 Å². The summed E-state index contributed by atoms with van der Waals surface area (Å²) in [5.74, 6) is 7.89. The van der Waals surface area contributed by atoms with Crippen LogP contribution in [0, 0.1) is 12.3 Å². The highest BCUT2D eigenvalue weighted by Gasteiger charge is 2.26. The van der Waals surface area contributed by atoms with E-state index in [-0.39, 0.29) is 33.7 Å². The number of hydrogen-bond donors (Lipinski definition) is 4. The minimum Gasteiger partial charge on any atom is -0.380 e. The molecule has 0 spiro atoms. The summed E-state index contributed by atoms with van der Waals surface area (Å²) in [6.07, 6.45) is 0.777. The third-order valence-electron chi connectivity index (χ3n) is 6.99. The van der Waals surface area contributed by atoms with Gasteiger partial charge in [-0.05, 0) is 80.3 Å². The molecule has 42 heavy (non-hydrogen) atoms. The van der Waals surface area contributed by atoms with E-state index in [1.807, 2.05) is 60.6 Å². The monoisotopic (exact) mass is 574 g/mol. The van der Waals surface area contributed by atoms with E-state index in [0.717, 1.165) is 12.0 Å². The Morgan fingerprint density at radius 1 is 0.738 bits per heavy atom. The van der Waals surface area contributed by atoms with Gasteiger partial charge in [0.15, 0.2) is 5.78 Å². The van der Waals surface area contributed by atoms with E-state index in [1.165, 1.54) is 18.2 Å². The second-order valence-corrected chi connectivity index (χ2v) is 11.8. The molecule has 10 heteroatoms. The summed E-state index contributed by atoms with van der Waals surface area (Å²) in [5.41, 5.74) is 2.56. The van der Waals surface area contributed by atoms with Crippen LogP contribution in [0.25, 0.3) is 11.1 Å². The molecule has 0 radical (unpaired) electrons. The third kappa shape index (κ3) is 7.39. The molecule has 6 N–H and O–H groups in total. The predicted octanol–water partition coefficient (Wildman–Crippen LogP) is 5.80. The molecule has 0 saturated heterocycles. The van der Waals surface area contributed by atoms with Crippen LogP contribution in [0.2, 0.25) is 0 Å². The van der Waals surface area contributed by atoms with Gasteiger partial charge in [0, 0.05) is 27.9 Å². The average molecular weight is 575 g/mol. The van der Waals surface area contributed by atoms with Gasteiger partial charge in [-0.15, -0.1) is 0 Å². The Kier molecular flexibility index (Phi) is 9.55. The van der Waals surface area contributed by atoms with Crippen LogP contribution in [0.4, 0.5) is 11.4 Å². The molecule has 0 unspecified atom stereocenters. The first-order valence-corrected chi connectivity index (χ1v) is 13.5. The Labute approximate surface area is 245 Å². The minimum absolute atomic E-state index is 0.0188. The lowest BCUT2D eigenvalue weighted by Crippen LogP contribution is -2.29. The Bertz CT molecular complexity index is 1540. The van der Waals surface area contributed by atoms with Crippen molar-refractivity contribution in [3.8, 4) is 11.1 Å². The topological polar surface area (TPSA) is 163 Å². The molecular weight excluding hydrogens is 536 g/mol. The smallest absolute Gasteiger partial charge is 0.357 e. The van der Waals surface area contributed by atoms with Gasteiger partial charge in [-0.3, -0.25) is 9.59 Å². The summed E-state index contributed by atoms with van der Waals surface area (Å²) in [5, 5.41) is 6.07. The summed E-state index contributed by atoms with van der Waals surface area (Å²) >= 11 is 0. The van der Waals surface area contributed by atoms with Crippen LogP contribution in [0.1, 0.15) is 95.0 Å². The number of Topliss-reactive ketones (excluding diaryl/α,β-unsaturated/α-hetero) is 1. The van der Waals surface area contributed by atoms with Crippen LogP contribution >= 0.6 is 0 Å². The molecule has 0 atom stereocenters. The van der Waals surface area contributed by atoms with E-state index in [2.05, 4.69) is 20.3 Å². The fourth-order valence-electron chi connectivity index (χ4n) is 4.24. The zero-order valence-electron chi connectivity index (χ0n) is 25.0. The van der Waals surface area contributed by atoms with Gasteiger partial charge < -0.3 is 20.3 Å². The molecule has 0 aliphatic carbocycles. The zero-order valence-corrected chi connectivity index (χ0v) is 25.0. The van der Waals surface area contributed by atoms with Gasteiger partial charge in [-0.2, -0.15) is 11.8 Å². The normalized spacial score (nSPS) is 11.5. The molecule has 222 valence electrons. The van der Waals surface area contributed by atoms with Gasteiger partial charge in [0.25, 0.3) is 5.91 Å². The molecule has 3 aromatic rings. The predicted molar refractivity (Wildman–Crippen MR) is 162 cm³/mol. The maximum atomic E-state index is 13.6. The molecule has 1 amide bonds. The van der Waals surface area contributed by atoms with Crippen LogP contribution < -0.4 is 22.4 Å². The molecular formula is C32H38N4O6. The lowest BCUT2D eigenvalue weighted by atomic mass is 9.83. The van der Waals surface area contributed by atoms with Crippen molar-refractivity contribution < 1.29 is 28.9 Å². The maximum Gasteiger partial charge on any atom is 0.357 e. The maximum absolute atomic E-state index is 13.6. The molecule has 10 nitrogen and oxygen atoms in total. The van der Waals surface area contributed by atoms with Crippen LogP contribution in [-0.4, -0.2) is 29.2 Å². The first-order chi connectivity index (χ1) is 19.6. The van der Waals surface area contributed by atoms with Gasteiger partial charge in [-0.1, -0.05) is 45.9 Å². The number of benzene rings is 3. The van der Waals surface area contributed by atoms with E-state index in [9.17, 15) is 19.2 Å². The average Bonchev–Trinajstić information content (AvgIpc) is 2.95. The van der Waals surface area contributed by atoms with Gasteiger partial charge >= 0.3 is 11.9 Å². The molecule has 3 rings (SSSR count). The minimum atomic E-state index is -0.910. The highest BCUT2D eigenvalue weighted by Crippen LogP contribution is 2.30. The van der Waals surface area contributed by atoms with Gasteiger partial charge in [0.2, 0.25) is 0 Å². The molecule has 0 saturated carbocycles. The van der Waals surface area contributed by atoms with Crippen LogP contribution in [0.15, 0.2) is 54.6 Å². The summed E-state index contributed by atoms with van der Waals surface area (Å²) in [6, 6.07) is 14.7. The largest absolute Gasteiger partial charge is 0.380 e. The first-order valence-electron chi connectivity index (χ1n) is 13.5. The summed E-state index contributed by atoms with van der Waals surface area (Å²) in [6.45, 7) is 13.4. The number of anilines is 2. The number of carbonyl (C=O) groups is 4. The standard InChI is InChI=1S/C32H38N4O6/c1-8-32(6,7)36-23-14-21(29(39)41-33)13-22(17-23)35-28(38)26-16-20(11-12-24(26)30(40)42-34)19-10-9-18(2)25(15-19)27(37)31(3,4)5/h9-17,36H,8,33-34H2,1-7H3,(H,35,38). The van der Waals surface area contributed by atoms with E-state index in [1.54, 1.807) is 24.3 Å². The van der Waals surface area contributed by atoms with Crippen molar-refractivity contribution in [3.63, 3.8) is 0 Å². The number of rotatable bonds is 9. The molecule has 0 aliphatic rings. The number of hydrogen-bond acceptors (Lipinski definition) is 9. The number of amides is 1. The summed E-state index contributed by atoms with van der Waals surface area (Å²) in [4.78, 5) is 60.3. The van der Waals surface area contributed by atoms with Gasteiger partial charge in [0.1, 0.15) is 0 Å². The molecule has 0 aromatic heterocycles. The number of nitrogens with one attached hydrogen (secondary N) is 2. The van der Waals surface area contributed by atoms with Crippen molar-refractivity contribution in [2.75, 3.05) is 10.6 Å². The number of nitrogens with two attached hydrogens (primary N) is 2. The lowest BCUT2D eigenvalue weighted by Gasteiger charge is -2.26. The zero-order chi connectivity index (χ0) is 31.4. The number of carbonyl (C=O) groups excluding carboxylic acids is 4. The van der Waals surface area contributed by atoms with Crippen molar-refractivity contribution in [2.45, 2.75) is 60.4 Å². The summed E-state index contributed by atoms with van der Waals surface area (Å²) in [7, 11) is 0. The SMILES string of the molecule is CCC(C)(C)Nc1cc(NC(=O)c2cc(-c3ccc(C)c(C(=O)C(C)(C)C)c3)ccc2C(=O)ON)cc(C(=O)ON)c1. The summed E-state index contributed by atoms with van der Waals surface area (Å²) < 4.78 is 0. The Balaban J connectivity index is 2.09. The molecule has 0 fully saturated rings. The van der Waals surface area contributed by atoms with E-state index in [4.69, 9.17) is 11.8 Å². The number of ketones is 1.